The molecule has 1 aliphatic heterocycles. The van der Waals surface area contributed by atoms with Gasteiger partial charge in [-0.2, -0.15) is 0 Å². The van der Waals surface area contributed by atoms with Crippen molar-refractivity contribution in [2.45, 2.75) is 12.8 Å². The normalized spacial score (nSPS) is 16.1. The Morgan fingerprint density at radius 3 is 2.77 bits per heavy atom. The van der Waals surface area contributed by atoms with Crippen LogP contribution in [0.25, 0.3) is 0 Å². The summed E-state index contributed by atoms with van der Waals surface area (Å²) in [5.74, 6) is -1.80. The van der Waals surface area contributed by atoms with Gasteiger partial charge in [0.1, 0.15) is 0 Å². The Bertz CT molecular complexity index is 175. The fraction of sp³-hybridized carbons (Fsp3) is 0.857. The maximum absolute atomic E-state index is 9.32. The predicted molar refractivity (Wildman–Crippen MR) is 53.0 cm³/mol. The van der Waals surface area contributed by atoms with Crippen molar-refractivity contribution in [3.05, 3.63) is 0 Å². The number of aliphatic imine (C=N–C) groups is 1. The number of hydrogen-bond acceptors (Lipinski definition) is 5. The Kier molecular flexibility index (Phi) is 5.24. The zero-order valence-corrected chi connectivity index (χ0v) is 8.42. The van der Waals surface area contributed by atoms with Crippen molar-refractivity contribution in [2.75, 3.05) is 26.2 Å². The average molecular weight is 210 g/mol. The van der Waals surface area contributed by atoms with E-state index in [-0.39, 0.29) is 19.0 Å². The second-order valence-corrected chi connectivity index (χ2v) is 2.84. The highest BCUT2D eigenvalue weighted by Crippen LogP contribution is 2.00. The zero-order valence-electron chi connectivity index (χ0n) is 7.60. The molecule has 1 aliphatic rings. The van der Waals surface area contributed by atoms with E-state index >= 15 is 0 Å². The van der Waals surface area contributed by atoms with Crippen LogP contribution in [0.2, 0.25) is 0 Å². The van der Waals surface area contributed by atoms with Crippen molar-refractivity contribution in [3.8, 4) is 0 Å². The minimum absolute atomic E-state index is 0. The molecule has 0 radical (unpaired) electrons. The van der Waals surface area contributed by atoms with E-state index in [4.69, 9.17) is 0 Å². The van der Waals surface area contributed by atoms with Gasteiger partial charge in [0, 0.05) is 6.54 Å². The smallest absolute Gasteiger partial charge is 0.240 e. The van der Waals surface area contributed by atoms with Crippen LogP contribution in [0.15, 0.2) is 4.99 Å². The zero-order chi connectivity index (χ0) is 9.03. The third-order valence-corrected chi connectivity index (χ3v) is 1.64. The number of nitrogens with zero attached hydrogens (tertiary/aromatic N) is 2. The van der Waals surface area contributed by atoms with Gasteiger partial charge < -0.3 is 15.1 Å². The van der Waals surface area contributed by atoms with Crippen molar-refractivity contribution >= 4 is 18.7 Å². The minimum Gasteiger partial charge on any atom is -0.354 e. The molecule has 6 heteroatoms. The fourth-order valence-corrected chi connectivity index (χ4v) is 1.16. The Morgan fingerprint density at radius 2 is 2.31 bits per heavy atom. The third-order valence-electron chi connectivity index (χ3n) is 1.64. The van der Waals surface area contributed by atoms with Gasteiger partial charge in [-0.25, -0.2) is 0 Å². The molecule has 1 rings (SSSR count). The van der Waals surface area contributed by atoms with Gasteiger partial charge in [0.05, 0.1) is 19.4 Å². The molecule has 0 aromatic heterocycles. The van der Waals surface area contributed by atoms with Gasteiger partial charge in [-0.05, 0) is 6.54 Å². The summed E-state index contributed by atoms with van der Waals surface area (Å²) < 4.78 is 0. The second kappa shape index (κ2) is 5.39. The molecule has 0 amide bonds. The lowest BCUT2D eigenvalue weighted by Gasteiger charge is -2.26. The number of β-amino-alcohol motifs (C(OH)–C–C–N with tert-alkyl or cyclic N) is 2. The number of nitrogens with one attached hydrogen (secondary N) is 1. The summed E-state index contributed by atoms with van der Waals surface area (Å²) in [4.78, 5) is 5.73. The van der Waals surface area contributed by atoms with E-state index in [1.807, 2.05) is 6.92 Å². The first-order chi connectivity index (χ1) is 5.64. The van der Waals surface area contributed by atoms with E-state index in [9.17, 15) is 10.2 Å². The van der Waals surface area contributed by atoms with Gasteiger partial charge in [-0.15, -0.1) is 12.4 Å². The van der Waals surface area contributed by atoms with Crippen LogP contribution in [0.5, 0.6) is 0 Å². The molecule has 0 fully saturated rings. The summed E-state index contributed by atoms with van der Waals surface area (Å²) in [5, 5.41) is 21.2. The van der Waals surface area contributed by atoms with E-state index in [1.165, 1.54) is 0 Å². The Labute approximate surface area is 83.9 Å². The fourth-order valence-electron chi connectivity index (χ4n) is 1.16. The van der Waals surface area contributed by atoms with Crippen LogP contribution in [-0.4, -0.2) is 53.5 Å². The third kappa shape index (κ3) is 4.42. The SMILES string of the molecule is CCNC(O)(O)CN1C=NCC1.Cl. The van der Waals surface area contributed by atoms with Crippen molar-refractivity contribution < 1.29 is 10.2 Å². The number of hydrogen-bond donors (Lipinski definition) is 3. The molecule has 13 heavy (non-hydrogen) atoms. The molecule has 0 atom stereocenters. The maximum atomic E-state index is 9.32. The van der Waals surface area contributed by atoms with Crippen molar-refractivity contribution in [2.24, 2.45) is 4.99 Å². The Hall–Kier alpha value is -0.360. The predicted octanol–water partition coefficient (Wildman–Crippen LogP) is -1.000. The van der Waals surface area contributed by atoms with Crippen LogP contribution in [0.3, 0.4) is 0 Å². The van der Waals surface area contributed by atoms with Gasteiger partial charge >= 0.3 is 0 Å². The van der Waals surface area contributed by atoms with Gasteiger partial charge in [-0.1, -0.05) is 6.92 Å². The molecular weight excluding hydrogens is 194 g/mol. The molecular formula is C7H16ClN3O2. The van der Waals surface area contributed by atoms with Crippen LogP contribution in [0.4, 0.5) is 0 Å². The summed E-state index contributed by atoms with van der Waals surface area (Å²) in [6.45, 7) is 4.00. The van der Waals surface area contributed by atoms with Crippen LogP contribution in [-0.2, 0) is 0 Å². The number of halogens is 1. The standard InChI is InChI=1S/C7H15N3O2.ClH/c1-2-9-7(11,12)5-10-4-3-8-6-10;/h6,9,11-12H,2-5H2,1H3;1H. The van der Waals surface area contributed by atoms with Crippen LogP contribution >= 0.6 is 12.4 Å². The molecule has 0 unspecified atom stereocenters. The lowest BCUT2D eigenvalue weighted by molar-refractivity contribution is -0.189. The van der Waals surface area contributed by atoms with Crippen LogP contribution < -0.4 is 5.32 Å². The summed E-state index contributed by atoms with van der Waals surface area (Å²) >= 11 is 0. The van der Waals surface area contributed by atoms with E-state index < -0.39 is 5.91 Å². The molecule has 1 heterocycles. The molecule has 0 aliphatic carbocycles. The van der Waals surface area contributed by atoms with Crippen molar-refractivity contribution in [1.29, 1.82) is 0 Å². The molecule has 3 N–H and O–H groups in total. The molecule has 0 spiro atoms. The summed E-state index contributed by atoms with van der Waals surface area (Å²) in [6.07, 6.45) is 1.64. The number of aliphatic hydroxyl groups is 2. The molecule has 0 saturated heterocycles. The minimum atomic E-state index is -1.80. The van der Waals surface area contributed by atoms with Crippen molar-refractivity contribution in [3.63, 3.8) is 0 Å². The highest BCUT2D eigenvalue weighted by atomic mass is 35.5. The monoisotopic (exact) mass is 209 g/mol. The largest absolute Gasteiger partial charge is 0.354 e. The van der Waals surface area contributed by atoms with E-state index in [0.29, 0.717) is 6.54 Å². The van der Waals surface area contributed by atoms with Gasteiger partial charge in [0.15, 0.2) is 0 Å². The first-order valence-electron chi connectivity index (χ1n) is 4.08. The van der Waals surface area contributed by atoms with E-state index in [2.05, 4.69) is 10.3 Å². The highest BCUT2D eigenvalue weighted by Gasteiger charge is 2.24. The van der Waals surface area contributed by atoms with E-state index in [0.717, 1.165) is 13.1 Å². The quantitative estimate of drug-likeness (QED) is 0.520. The molecule has 0 saturated carbocycles. The lowest BCUT2D eigenvalue weighted by atomic mass is 10.4. The summed E-state index contributed by atoms with van der Waals surface area (Å²) in [6, 6.07) is 0. The molecule has 5 nitrogen and oxygen atoms in total. The van der Waals surface area contributed by atoms with Gasteiger partial charge in [0.2, 0.25) is 5.91 Å². The maximum Gasteiger partial charge on any atom is 0.240 e. The first kappa shape index (κ1) is 12.6. The van der Waals surface area contributed by atoms with Crippen LogP contribution in [0.1, 0.15) is 6.92 Å². The molecule has 0 bridgehead atoms. The van der Waals surface area contributed by atoms with E-state index in [1.54, 1.807) is 11.2 Å². The van der Waals surface area contributed by atoms with Crippen molar-refractivity contribution in [1.82, 2.24) is 10.2 Å². The second-order valence-electron chi connectivity index (χ2n) is 2.84. The topological polar surface area (TPSA) is 68.1 Å². The molecule has 0 aromatic rings. The Morgan fingerprint density at radius 1 is 1.62 bits per heavy atom. The highest BCUT2D eigenvalue weighted by molar-refractivity contribution is 5.85. The first-order valence-corrected chi connectivity index (χ1v) is 4.08. The van der Waals surface area contributed by atoms with Gasteiger partial charge in [0.25, 0.3) is 0 Å². The average Bonchev–Trinajstić information content (AvgIpc) is 2.38. The summed E-state index contributed by atoms with van der Waals surface area (Å²) in [5.41, 5.74) is 0. The molecule has 78 valence electrons. The lowest BCUT2D eigenvalue weighted by Crippen LogP contribution is -2.53. The summed E-state index contributed by atoms with van der Waals surface area (Å²) in [7, 11) is 0. The van der Waals surface area contributed by atoms with Gasteiger partial charge in [-0.3, -0.25) is 10.3 Å². The number of rotatable bonds is 4. The number of likely N-dealkylation sites (N-methyl/N-ethyl adjacent to an activating group) is 1. The molecule has 0 aromatic carbocycles. The Balaban J connectivity index is 0.00000144. The van der Waals surface area contributed by atoms with Crippen LogP contribution in [0, 0.1) is 0 Å².